The Bertz CT molecular complexity index is 347. The molecule has 2 amide bonds. The molecule has 1 saturated heterocycles. The standard InChI is InChI=1S/C16H31N3O3/c1-13(2)10-15(21)18-7-4-14(20)19-11-16(12-22-3)5-8-17-9-6-16/h13,17H,4-12H2,1-3H3,(H,18,21)(H,19,20). The van der Waals surface area contributed by atoms with Crippen LogP contribution in [0.1, 0.15) is 39.5 Å². The lowest BCUT2D eigenvalue weighted by Gasteiger charge is -2.37. The van der Waals surface area contributed by atoms with E-state index in [0.29, 0.717) is 38.5 Å². The molecule has 0 atom stereocenters. The number of piperidine rings is 1. The van der Waals surface area contributed by atoms with E-state index in [1.807, 2.05) is 13.8 Å². The SMILES string of the molecule is COCC1(CNC(=O)CCNC(=O)CC(C)C)CCNCC1. The number of nitrogens with one attached hydrogen (secondary N) is 3. The molecule has 0 aromatic heterocycles. The number of hydrogen-bond acceptors (Lipinski definition) is 4. The Kier molecular flexibility index (Phi) is 8.42. The van der Waals surface area contributed by atoms with Gasteiger partial charge in [0.25, 0.3) is 0 Å². The minimum atomic E-state index is -0.0149. The van der Waals surface area contributed by atoms with Crippen LogP contribution in [-0.2, 0) is 14.3 Å². The number of methoxy groups -OCH3 is 1. The first kappa shape index (κ1) is 18.9. The number of hydrogen-bond donors (Lipinski definition) is 3. The summed E-state index contributed by atoms with van der Waals surface area (Å²) < 4.78 is 5.33. The van der Waals surface area contributed by atoms with Gasteiger partial charge in [0.15, 0.2) is 0 Å². The van der Waals surface area contributed by atoms with Crippen molar-refractivity contribution in [3.05, 3.63) is 0 Å². The van der Waals surface area contributed by atoms with Gasteiger partial charge in [0.1, 0.15) is 0 Å². The highest BCUT2D eigenvalue weighted by Gasteiger charge is 2.32. The normalized spacial score (nSPS) is 17.3. The molecule has 0 unspecified atom stereocenters. The predicted molar refractivity (Wildman–Crippen MR) is 86.5 cm³/mol. The molecular formula is C16H31N3O3. The maximum atomic E-state index is 11.9. The van der Waals surface area contributed by atoms with Crippen molar-refractivity contribution in [2.24, 2.45) is 11.3 Å². The summed E-state index contributed by atoms with van der Waals surface area (Å²) in [6.07, 6.45) is 2.84. The van der Waals surface area contributed by atoms with Gasteiger partial charge in [0.05, 0.1) is 6.61 Å². The van der Waals surface area contributed by atoms with Crippen LogP contribution in [0.25, 0.3) is 0 Å². The average molecular weight is 313 g/mol. The number of rotatable bonds is 9. The largest absolute Gasteiger partial charge is 0.384 e. The third kappa shape index (κ3) is 7.22. The van der Waals surface area contributed by atoms with E-state index in [1.54, 1.807) is 7.11 Å². The molecule has 6 heteroatoms. The van der Waals surface area contributed by atoms with Crippen LogP contribution in [0.5, 0.6) is 0 Å². The first-order chi connectivity index (χ1) is 10.5. The molecule has 1 aliphatic rings. The summed E-state index contributed by atoms with van der Waals surface area (Å²) in [5.74, 6) is 0.332. The van der Waals surface area contributed by atoms with E-state index in [0.717, 1.165) is 25.9 Å². The van der Waals surface area contributed by atoms with Crippen molar-refractivity contribution < 1.29 is 14.3 Å². The Hall–Kier alpha value is -1.14. The summed E-state index contributed by atoms with van der Waals surface area (Å²) in [5, 5.41) is 9.11. The topological polar surface area (TPSA) is 79.5 Å². The number of carbonyl (C=O) groups excluding carboxylic acids is 2. The highest BCUT2D eigenvalue weighted by atomic mass is 16.5. The maximum absolute atomic E-state index is 11.9. The number of amides is 2. The molecule has 0 aromatic rings. The molecule has 0 bridgehead atoms. The van der Waals surface area contributed by atoms with E-state index in [-0.39, 0.29) is 17.2 Å². The fraction of sp³-hybridized carbons (Fsp3) is 0.875. The zero-order valence-electron chi connectivity index (χ0n) is 14.2. The fourth-order valence-electron chi connectivity index (χ4n) is 2.77. The van der Waals surface area contributed by atoms with Crippen molar-refractivity contribution in [2.45, 2.75) is 39.5 Å². The Morgan fingerprint density at radius 2 is 1.86 bits per heavy atom. The van der Waals surface area contributed by atoms with Crippen molar-refractivity contribution in [3.63, 3.8) is 0 Å². The van der Waals surface area contributed by atoms with Crippen LogP contribution < -0.4 is 16.0 Å². The molecule has 0 aliphatic carbocycles. The molecule has 6 nitrogen and oxygen atoms in total. The lowest BCUT2D eigenvalue weighted by atomic mass is 9.79. The molecule has 0 aromatic carbocycles. The van der Waals surface area contributed by atoms with Crippen LogP contribution in [0.4, 0.5) is 0 Å². The highest BCUT2D eigenvalue weighted by molar-refractivity contribution is 5.79. The molecule has 1 heterocycles. The minimum absolute atomic E-state index is 0.0111. The van der Waals surface area contributed by atoms with Gasteiger partial charge in [-0.1, -0.05) is 13.8 Å². The van der Waals surface area contributed by atoms with Crippen LogP contribution in [0, 0.1) is 11.3 Å². The van der Waals surface area contributed by atoms with E-state index in [2.05, 4.69) is 16.0 Å². The first-order valence-corrected chi connectivity index (χ1v) is 8.20. The molecule has 1 rings (SSSR count). The van der Waals surface area contributed by atoms with E-state index in [9.17, 15) is 9.59 Å². The molecular weight excluding hydrogens is 282 g/mol. The lowest BCUT2D eigenvalue weighted by molar-refractivity contribution is -0.123. The Morgan fingerprint density at radius 3 is 2.45 bits per heavy atom. The van der Waals surface area contributed by atoms with Gasteiger partial charge in [-0.25, -0.2) is 0 Å². The van der Waals surface area contributed by atoms with Gasteiger partial charge in [-0.3, -0.25) is 9.59 Å². The smallest absolute Gasteiger partial charge is 0.221 e. The number of ether oxygens (including phenoxy) is 1. The Labute approximate surface area is 133 Å². The second kappa shape index (κ2) is 9.79. The van der Waals surface area contributed by atoms with Crippen LogP contribution >= 0.6 is 0 Å². The van der Waals surface area contributed by atoms with Crippen LogP contribution in [0.3, 0.4) is 0 Å². The van der Waals surface area contributed by atoms with Crippen LogP contribution in [0.15, 0.2) is 0 Å². The highest BCUT2D eigenvalue weighted by Crippen LogP contribution is 2.28. The van der Waals surface area contributed by atoms with Gasteiger partial charge in [-0.2, -0.15) is 0 Å². The molecule has 1 aliphatic heterocycles. The quantitative estimate of drug-likeness (QED) is 0.584. The van der Waals surface area contributed by atoms with Crippen molar-refractivity contribution in [3.8, 4) is 0 Å². The third-order valence-corrected chi connectivity index (χ3v) is 4.04. The molecule has 0 radical (unpaired) electrons. The molecule has 3 N–H and O–H groups in total. The molecule has 0 saturated carbocycles. The number of carbonyl (C=O) groups is 2. The third-order valence-electron chi connectivity index (χ3n) is 4.04. The van der Waals surface area contributed by atoms with Gasteiger partial charge >= 0.3 is 0 Å². The first-order valence-electron chi connectivity index (χ1n) is 8.20. The second-order valence-electron chi connectivity index (χ2n) is 6.66. The van der Waals surface area contributed by atoms with Crippen molar-refractivity contribution in [1.29, 1.82) is 0 Å². The summed E-state index contributed by atoms with van der Waals surface area (Å²) in [6.45, 7) is 7.63. The molecule has 1 fully saturated rings. The monoisotopic (exact) mass is 313 g/mol. The van der Waals surface area contributed by atoms with Gasteiger partial charge < -0.3 is 20.7 Å². The van der Waals surface area contributed by atoms with Gasteiger partial charge in [-0.05, 0) is 31.8 Å². The summed E-state index contributed by atoms with van der Waals surface area (Å²) in [4.78, 5) is 23.4. The summed E-state index contributed by atoms with van der Waals surface area (Å²) in [5.41, 5.74) is 0.0382. The van der Waals surface area contributed by atoms with E-state index in [4.69, 9.17) is 4.74 Å². The minimum Gasteiger partial charge on any atom is -0.384 e. The fourth-order valence-corrected chi connectivity index (χ4v) is 2.77. The van der Waals surface area contributed by atoms with Crippen LogP contribution in [0.2, 0.25) is 0 Å². The van der Waals surface area contributed by atoms with Crippen molar-refractivity contribution in [2.75, 3.05) is 39.9 Å². The molecule has 22 heavy (non-hydrogen) atoms. The summed E-state index contributed by atoms with van der Waals surface area (Å²) in [7, 11) is 1.70. The van der Waals surface area contributed by atoms with E-state index >= 15 is 0 Å². The van der Waals surface area contributed by atoms with Gasteiger partial charge in [0.2, 0.25) is 11.8 Å². The Balaban J connectivity index is 2.24. The zero-order chi connectivity index (χ0) is 16.4. The molecule has 0 spiro atoms. The van der Waals surface area contributed by atoms with Crippen molar-refractivity contribution in [1.82, 2.24) is 16.0 Å². The van der Waals surface area contributed by atoms with E-state index in [1.165, 1.54) is 0 Å². The Morgan fingerprint density at radius 1 is 1.18 bits per heavy atom. The van der Waals surface area contributed by atoms with Crippen LogP contribution in [-0.4, -0.2) is 51.7 Å². The lowest BCUT2D eigenvalue weighted by Crippen LogP contribution is -2.47. The average Bonchev–Trinajstić information content (AvgIpc) is 2.46. The molecule has 128 valence electrons. The predicted octanol–water partition coefficient (Wildman–Crippen LogP) is 0.671. The second-order valence-corrected chi connectivity index (χ2v) is 6.66. The summed E-state index contributed by atoms with van der Waals surface area (Å²) in [6, 6.07) is 0. The van der Waals surface area contributed by atoms with Crippen molar-refractivity contribution >= 4 is 11.8 Å². The maximum Gasteiger partial charge on any atom is 0.221 e. The summed E-state index contributed by atoms with van der Waals surface area (Å²) >= 11 is 0. The van der Waals surface area contributed by atoms with E-state index < -0.39 is 0 Å². The van der Waals surface area contributed by atoms with Gasteiger partial charge in [0, 0.05) is 38.5 Å². The zero-order valence-corrected chi connectivity index (χ0v) is 14.2. The van der Waals surface area contributed by atoms with Gasteiger partial charge in [-0.15, -0.1) is 0 Å².